The third-order valence-electron chi connectivity index (χ3n) is 2.06. The van der Waals surface area contributed by atoms with Gasteiger partial charge < -0.3 is 14.6 Å². The molecule has 0 saturated carbocycles. The number of hydrogen-bond acceptors (Lipinski definition) is 3. The van der Waals surface area contributed by atoms with Crippen molar-refractivity contribution in [3.63, 3.8) is 0 Å². The Labute approximate surface area is 103 Å². The molecule has 0 aliphatic heterocycles. The molecule has 18 heavy (non-hydrogen) atoms. The van der Waals surface area contributed by atoms with E-state index >= 15 is 0 Å². The van der Waals surface area contributed by atoms with Crippen molar-refractivity contribution in [3.05, 3.63) is 29.8 Å². The third-order valence-corrected chi connectivity index (χ3v) is 2.06. The number of aliphatic hydroxyl groups excluding tert-OH is 1. The van der Waals surface area contributed by atoms with Crippen molar-refractivity contribution in [2.75, 3.05) is 6.61 Å². The number of hydrogen-bond donors (Lipinski definition) is 1. The Hall–Kier alpha value is -1.27. The Balaban J connectivity index is 2.69. The molecule has 0 spiro atoms. The molecule has 0 aliphatic rings. The highest BCUT2D eigenvalue weighted by Gasteiger charge is 2.31. The van der Waals surface area contributed by atoms with Crippen molar-refractivity contribution < 1.29 is 27.8 Å². The van der Waals surface area contributed by atoms with Crippen molar-refractivity contribution in [1.29, 1.82) is 0 Å². The summed E-state index contributed by atoms with van der Waals surface area (Å²) in [5.41, 5.74) is 0.317. The molecule has 0 aromatic heterocycles. The predicted molar refractivity (Wildman–Crippen MR) is 59.2 cm³/mol. The number of aliphatic hydroxyl groups is 1. The summed E-state index contributed by atoms with van der Waals surface area (Å²) in [6.45, 7) is 3.62. The predicted octanol–water partition coefficient (Wildman–Crippen LogP) is 3.04. The summed E-state index contributed by atoms with van der Waals surface area (Å²) in [4.78, 5) is 0. The second-order valence-electron chi connectivity index (χ2n) is 4.02. The van der Waals surface area contributed by atoms with E-state index < -0.39 is 12.5 Å². The number of benzene rings is 1. The Kier molecular flexibility index (Phi) is 4.98. The first-order valence-corrected chi connectivity index (χ1v) is 5.43. The summed E-state index contributed by atoms with van der Waals surface area (Å²) in [7, 11) is 0. The van der Waals surface area contributed by atoms with Crippen LogP contribution in [0.5, 0.6) is 5.75 Å². The maximum Gasteiger partial charge on any atom is 0.573 e. The Morgan fingerprint density at radius 2 is 1.94 bits per heavy atom. The first-order chi connectivity index (χ1) is 8.28. The summed E-state index contributed by atoms with van der Waals surface area (Å²) in [6.07, 6.45) is -5.78. The second kappa shape index (κ2) is 6.06. The van der Waals surface area contributed by atoms with Crippen LogP contribution >= 0.6 is 0 Å². The van der Waals surface area contributed by atoms with Gasteiger partial charge in [-0.1, -0.05) is 12.1 Å². The van der Waals surface area contributed by atoms with Gasteiger partial charge in [0.25, 0.3) is 0 Å². The second-order valence-corrected chi connectivity index (χ2v) is 4.02. The van der Waals surface area contributed by atoms with E-state index in [-0.39, 0.29) is 18.5 Å². The van der Waals surface area contributed by atoms with Crippen LogP contribution in [0.4, 0.5) is 13.2 Å². The summed E-state index contributed by atoms with van der Waals surface area (Å²) in [5.74, 6) is -0.358. The Bertz CT molecular complexity index is 377. The lowest BCUT2D eigenvalue weighted by molar-refractivity contribution is -0.274. The fourth-order valence-electron chi connectivity index (χ4n) is 1.30. The molecule has 1 rings (SSSR count). The first-order valence-electron chi connectivity index (χ1n) is 5.43. The van der Waals surface area contributed by atoms with Crippen LogP contribution in [-0.4, -0.2) is 24.2 Å². The van der Waals surface area contributed by atoms with Crippen LogP contribution in [0.15, 0.2) is 24.3 Å². The summed E-state index contributed by atoms with van der Waals surface area (Å²) in [6, 6.07) is 5.21. The molecule has 0 radical (unpaired) electrons. The molecular formula is C12H15F3O3. The molecule has 6 heteroatoms. The maximum absolute atomic E-state index is 12.0. The van der Waals surface area contributed by atoms with Crippen LogP contribution in [0.3, 0.4) is 0 Å². The van der Waals surface area contributed by atoms with Gasteiger partial charge in [0, 0.05) is 0 Å². The van der Waals surface area contributed by atoms with Crippen LogP contribution in [0.1, 0.15) is 25.5 Å². The minimum absolute atomic E-state index is 0.0210. The molecule has 3 nitrogen and oxygen atoms in total. The molecule has 0 amide bonds. The van der Waals surface area contributed by atoms with Gasteiger partial charge in [-0.2, -0.15) is 0 Å². The fourth-order valence-corrected chi connectivity index (χ4v) is 1.30. The van der Waals surface area contributed by atoms with Gasteiger partial charge in [0.15, 0.2) is 0 Å². The normalized spacial score (nSPS) is 13.7. The summed E-state index contributed by atoms with van der Waals surface area (Å²) < 4.78 is 45.0. The number of alkyl halides is 3. The van der Waals surface area contributed by atoms with E-state index in [9.17, 15) is 18.3 Å². The van der Waals surface area contributed by atoms with Crippen LogP contribution in [0, 0.1) is 0 Å². The zero-order chi connectivity index (χ0) is 13.8. The molecule has 102 valence electrons. The Morgan fingerprint density at radius 3 is 2.50 bits per heavy atom. The first kappa shape index (κ1) is 14.8. The van der Waals surface area contributed by atoms with Gasteiger partial charge in [-0.25, -0.2) is 0 Å². The Morgan fingerprint density at radius 1 is 1.28 bits per heavy atom. The van der Waals surface area contributed by atoms with Gasteiger partial charge in [-0.3, -0.25) is 0 Å². The highest BCUT2D eigenvalue weighted by molar-refractivity contribution is 5.30. The minimum atomic E-state index is -4.74. The SMILES string of the molecule is CC(C)OCC(O)c1cccc(OC(F)(F)F)c1. The van der Waals surface area contributed by atoms with Crippen LogP contribution in [0.25, 0.3) is 0 Å². The topological polar surface area (TPSA) is 38.7 Å². The lowest BCUT2D eigenvalue weighted by Gasteiger charge is -2.15. The third kappa shape index (κ3) is 5.37. The molecule has 0 aliphatic carbocycles. The van der Waals surface area contributed by atoms with Crippen LogP contribution < -0.4 is 4.74 Å². The average molecular weight is 264 g/mol. The largest absolute Gasteiger partial charge is 0.573 e. The molecule has 0 heterocycles. The van der Waals surface area contributed by atoms with Gasteiger partial charge in [-0.15, -0.1) is 13.2 Å². The highest BCUT2D eigenvalue weighted by atomic mass is 19.4. The van der Waals surface area contributed by atoms with E-state index in [1.54, 1.807) is 13.8 Å². The van der Waals surface area contributed by atoms with E-state index in [1.165, 1.54) is 18.2 Å². The number of ether oxygens (including phenoxy) is 2. The standard InChI is InChI=1S/C12H15F3O3/c1-8(2)17-7-11(16)9-4-3-5-10(6-9)18-12(13,14)15/h3-6,8,11,16H,7H2,1-2H3. The van der Waals surface area contributed by atoms with E-state index in [0.29, 0.717) is 5.56 Å². The van der Waals surface area contributed by atoms with E-state index in [2.05, 4.69) is 4.74 Å². The lowest BCUT2D eigenvalue weighted by Crippen LogP contribution is -2.17. The molecule has 1 N–H and O–H groups in total. The van der Waals surface area contributed by atoms with Gasteiger partial charge >= 0.3 is 6.36 Å². The van der Waals surface area contributed by atoms with Crippen LogP contribution in [0.2, 0.25) is 0 Å². The van der Waals surface area contributed by atoms with Gasteiger partial charge in [-0.05, 0) is 31.5 Å². The summed E-state index contributed by atoms with van der Waals surface area (Å²) in [5, 5.41) is 9.73. The van der Waals surface area contributed by atoms with E-state index in [0.717, 1.165) is 6.07 Å². The zero-order valence-corrected chi connectivity index (χ0v) is 10.1. The molecule has 1 aromatic carbocycles. The lowest BCUT2D eigenvalue weighted by atomic mass is 10.1. The van der Waals surface area contributed by atoms with Gasteiger partial charge in [0.05, 0.1) is 12.7 Å². The smallest absolute Gasteiger partial charge is 0.406 e. The molecule has 0 bridgehead atoms. The molecule has 1 aromatic rings. The average Bonchev–Trinajstić information content (AvgIpc) is 2.23. The van der Waals surface area contributed by atoms with Gasteiger partial charge in [0.1, 0.15) is 11.9 Å². The van der Waals surface area contributed by atoms with E-state index in [4.69, 9.17) is 4.74 Å². The van der Waals surface area contributed by atoms with Crippen molar-refractivity contribution in [3.8, 4) is 5.75 Å². The molecule has 0 fully saturated rings. The zero-order valence-electron chi connectivity index (χ0n) is 10.1. The minimum Gasteiger partial charge on any atom is -0.406 e. The quantitative estimate of drug-likeness (QED) is 0.888. The molecule has 1 unspecified atom stereocenters. The maximum atomic E-state index is 12.0. The number of rotatable bonds is 5. The van der Waals surface area contributed by atoms with Gasteiger partial charge in [0.2, 0.25) is 0 Å². The molecule has 0 saturated heterocycles. The summed E-state index contributed by atoms with van der Waals surface area (Å²) >= 11 is 0. The van der Waals surface area contributed by atoms with Crippen molar-refractivity contribution in [2.45, 2.75) is 32.4 Å². The fraction of sp³-hybridized carbons (Fsp3) is 0.500. The van der Waals surface area contributed by atoms with Crippen LogP contribution in [-0.2, 0) is 4.74 Å². The highest BCUT2D eigenvalue weighted by Crippen LogP contribution is 2.25. The molecular weight excluding hydrogens is 249 g/mol. The molecule has 1 atom stereocenters. The number of halogens is 3. The monoisotopic (exact) mass is 264 g/mol. The van der Waals surface area contributed by atoms with E-state index in [1.807, 2.05) is 0 Å². The van der Waals surface area contributed by atoms with Crippen molar-refractivity contribution >= 4 is 0 Å². The van der Waals surface area contributed by atoms with Crippen molar-refractivity contribution in [1.82, 2.24) is 0 Å². The van der Waals surface area contributed by atoms with Crippen molar-refractivity contribution in [2.24, 2.45) is 0 Å².